The van der Waals surface area contributed by atoms with E-state index in [1.54, 1.807) is 13.1 Å². The molecule has 0 saturated carbocycles. The Kier molecular flexibility index (Phi) is 4.15. The predicted molar refractivity (Wildman–Crippen MR) is 67.9 cm³/mol. The lowest BCUT2D eigenvalue weighted by Crippen LogP contribution is -2.40. The van der Waals surface area contributed by atoms with Crippen LogP contribution < -0.4 is 10.0 Å². The molecule has 0 spiro atoms. The van der Waals surface area contributed by atoms with E-state index in [1.165, 1.54) is 12.3 Å². The number of nitrogens with zero attached hydrogens (tertiary/aromatic N) is 1. The molecule has 0 radical (unpaired) electrons. The Labute approximate surface area is 107 Å². The van der Waals surface area contributed by atoms with Crippen LogP contribution in [0.25, 0.3) is 0 Å². The van der Waals surface area contributed by atoms with E-state index >= 15 is 0 Å². The van der Waals surface area contributed by atoms with Crippen LogP contribution in [0.4, 0.5) is 5.82 Å². The number of hydrogen-bond acceptors (Lipinski definition) is 5. The van der Waals surface area contributed by atoms with Crippen LogP contribution in [0.3, 0.4) is 0 Å². The molecule has 1 fully saturated rings. The molecule has 7 heteroatoms. The minimum absolute atomic E-state index is 0.146. The van der Waals surface area contributed by atoms with Crippen molar-refractivity contribution in [3.63, 3.8) is 0 Å². The van der Waals surface area contributed by atoms with Crippen molar-refractivity contribution in [2.45, 2.75) is 23.8 Å². The molecule has 0 aliphatic carbocycles. The summed E-state index contributed by atoms with van der Waals surface area (Å²) in [5.74, 6) is 0.634. The first kappa shape index (κ1) is 13.3. The molecule has 0 aromatic carbocycles. The van der Waals surface area contributed by atoms with E-state index in [2.05, 4.69) is 15.0 Å². The maximum atomic E-state index is 12.1. The van der Waals surface area contributed by atoms with Crippen molar-refractivity contribution < 1.29 is 13.2 Å². The Balaban J connectivity index is 2.08. The molecule has 1 aliphatic rings. The van der Waals surface area contributed by atoms with Crippen LogP contribution in [-0.4, -0.2) is 39.7 Å². The molecule has 0 amide bonds. The van der Waals surface area contributed by atoms with E-state index < -0.39 is 10.0 Å². The molecule has 2 rings (SSSR count). The number of pyridine rings is 1. The van der Waals surface area contributed by atoms with Gasteiger partial charge in [0, 0.05) is 25.9 Å². The minimum Gasteiger partial charge on any atom is -0.380 e. The van der Waals surface area contributed by atoms with E-state index in [4.69, 9.17) is 4.74 Å². The fraction of sp³-hybridized carbons (Fsp3) is 0.545. The number of ether oxygens (including phenoxy) is 1. The molecule has 2 N–H and O–H groups in total. The summed E-state index contributed by atoms with van der Waals surface area (Å²) in [5, 5.41) is 2.84. The Morgan fingerprint density at radius 1 is 1.44 bits per heavy atom. The van der Waals surface area contributed by atoms with Gasteiger partial charge in [0.05, 0.1) is 6.61 Å². The number of rotatable bonds is 4. The van der Waals surface area contributed by atoms with Crippen molar-refractivity contribution in [2.24, 2.45) is 0 Å². The summed E-state index contributed by atoms with van der Waals surface area (Å²) in [6.45, 7) is 1.14. The highest BCUT2D eigenvalue weighted by molar-refractivity contribution is 7.89. The van der Waals surface area contributed by atoms with Gasteiger partial charge < -0.3 is 10.1 Å². The molecule has 1 unspecified atom stereocenters. The van der Waals surface area contributed by atoms with Crippen LogP contribution in [0, 0.1) is 0 Å². The van der Waals surface area contributed by atoms with Gasteiger partial charge in [0.15, 0.2) is 0 Å². The largest absolute Gasteiger partial charge is 0.380 e. The van der Waals surface area contributed by atoms with Gasteiger partial charge in [-0.05, 0) is 25.0 Å². The zero-order valence-corrected chi connectivity index (χ0v) is 11.0. The van der Waals surface area contributed by atoms with Gasteiger partial charge in [-0.15, -0.1) is 0 Å². The van der Waals surface area contributed by atoms with Crippen LogP contribution in [-0.2, 0) is 14.8 Å². The SMILES string of the molecule is CNc1ccc(S(=O)(=O)NC2CCCOC2)cn1. The summed E-state index contributed by atoms with van der Waals surface area (Å²) in [7, 11) is -1.77. The summed E-state index contributed by atoms with van der Waals surface area (Å²) < 4.78 is 32.0. The standard InChI is InChI=1S/C11H17N3O3S/c1-12-11-5-4-10(7-13-11)18(15,16)14-9-3-2-6-17-8-9/h4-5,7,9,14H,2-3,6,8H2,1H3,(H,12,13). The average molecular weight is 271 g/mol. The predicted octanol–water partition coefficient (Wildman–Crippen LogP) is 0.581. The topological polar surface area (TPSA) is 80.3 Å². The summed E-state index contributed by atoms with van der Waals surface area (Å²) in [4.78, 5) is 4.17. The molecular weight excluding hydrogens is 254 g/mol. The van der Waals surface area contributed by atoms with E-state index in [1.807, 2.05) is 0 Å². The molecule has 1 aromatic heterocycles. The molecule has 1 atom stereocenters. The first-order valence-corrected chi connectivity index (χ1v) is 7.34. The van der Waals surface area contributed by atoms with Gasteiger partial charge in [-0.2, -0.15) is 0 Å². The van der Waals surface area contributed by atoms with Gasteiger partial charge in [-0.3, -0.25) is 0 Å². The minimum atomic E-state index is -3.51. The van der Waals surface area contributed by atoms with Crippen molar-refractivity contribution in [3.05, 3.63) is 18.3 Å². The van der Waals surface area contributed by atoms with Crippen molar-refractivity contribution >= 4 is 15.8 Å². The lowest BCUT2D eigenvalue weighted by Gasteiger charge is -2.22. The third kappa shape index (κ3) is 3.18. The highest BCUT2D eigenvalue weighted by Crippen LogP contribution is 2.13. The number of anilines is 1. The number of nitrogens with one attached hydrogen (secondary N) is 2. The van der Waals surface area contributed by atoms with Gasteiger partial charge in [-0.25, -0.2) is 18.1 Å². The summed E-state index contributed by atoms with van der Waals surface area (Å²) in [6, 6.07) is 3.02. The smallest absolute Gasteiger partial charge is 0.242 e. The van der Waals surface area contributed by atoms with E-state index in [-0.39, 0.29) is 10.9 Å². The maximum Gasteiger partial charge on any atom is 0.242 e. The molecule has 1 aromatic rings. The normalized spacial score (nSPS) is 20.6. The zero-order chi connectivity index (χ0) is 13.0. The fourth-order valence-corrected chi connectivity index (χ4v) is 3.01. The van der Waals surface area contributed by atoms with Crippen molar-refractivity contribution in [1.29, 1.82) is 0 Å². The summed E-state index contributed by atoms with van der Waals surface area (Å²) >= 11 is 0. The second-order valence-corrected chi connectivity index (χ2v) is 5.88. The lowest BCUT2D eigenvalue weighted by molar-refractivity contribution is 0.0774. The van der Waals surface area contributed by atoms with Crippen LogP contribution in [0.15, 0.2) is 23.2 Å². The van der Waals surface area contributed by atoms with Crippen molar-refractivity contribution in [3.8, 4) is 0 Å². The van der Waals surface area contributed by atoms with Crippen LogP contribution in [0.2, 0.25) is 0 Å². The van der Waals surface area contributed by atoms with Crippen molar-refractivity contribution in [2.75, 3.05) is 25.6 Å². The van der Waals surface area contributed by atoms with E-state index in [0.717, 1.165) is 12.8 Å². The maximum absolute atomic E-state index is 12.1. The molecular formula is C11H17N3O3S. The summed E-state index contributed by atoms with van der Waals surface area (Å²) in [5.41, 5.74) is 0. The monoisotopic (exact) mass is 271 g/mol. The average Bonchev–Trinajstić information content (AvgIpc) is 2.39. The van der Waals surface area contributed by atoms with E-state index in [0.29, 0.717) is 19.0 Å². The molecule has 18 heavy (non-hydrogen) atoms. The first-order chi connectivity index (χ1) is 8.62. The lowest BCUT2D eigenvalue weighted by atomic mass is 10.1. The first-order valence-electron chi connectivity index (χ1n) is 5.86. The second-order valence-electron chi connectivity index (χ2n) is 4.16. The molecule has 2 heterocycles. The third-order valence-corrected chi connectivity index (χ3v) is 4.29. The number of sulfonamides is 1. The highest BCUT2D eigenvalue weighted by atomic mass is 32.2. The number of hydrogen-bond donors (Lipinski definition) is 2. The summed E-state index contributed by atoms with van der Waals surface area (Å²) in [6.07, 6.45) is 3.03. The van der Waals surface area contributed by atoms with Crippen molar-refractivity contribution in [1.82, 2.24) is 9.71 Å². The van der Waals surface area contributed by atoms with Gasteiger partial charge in [-0.1, -0.05) is 0 Å². The van der Waals surface area contributed by atoms with Gasteiger partial charge in [0.1, 0.15) is 10.7 Å². The zero-order valence-electron chi connectivity index (χ0n) is 10.2. The Bertz CT molecular complexity index is 481. The molecule has 1 saturated heterocycles. The molecule has 100 valence electrons. The molecule has 6 nitrogen and oxygen atoms in total. The molecule has 0 bridgehead atoms. The second kappa shape index (κ2) is 5.64. The van der Waals surface area contributed by atoms with Gasteiger partial charge >= 0.3 is 0 Å². The van der Waals surface area contributed by atoms with E-state index in [9.17, 15) is 8.42 Å². The quantitative estimate of drug-likeness (QED) is 0.837. The Morgan fingerprint density at radius 2 is 2.28 bits per heavy atom. The third-order valence-electron chi connectivity index (χ3n) is 2.78. The van der Waals surface area contributed by atoms with Crippen LogP contribution in [0.1, 0.15) is 12.8 Å². The van der Waals surface area contributed by atoms with Gasteiger partial charge in [0.25, 0.3) is 0 Å². The highest BCUT2D eigenvalue weighted by Gasteiger charge is 2.22. The molecule has 1 aliphatic heterocycles. The van der Waals surface area contributed by atoms with Crippen LogP contribution in [0.5, 0.6) is 0 Å². The van der Waals surface area contributed by atoms with Crippen LogP contribution >= 0.6 is 0 Å². The Morgan fingerprint density at radius 3 is 2.83 bits per heavy atom. The number of aromatic nitrogens is 1. The van der Waals surface area contributed by atoms with Gasteiger partial charge in [0.2, 0.25) is 10.0 Å². The fourth-order valence-electron chi connectivity index (χ4n) is 1.81. The Hall–Kier alpha value is -1.18.